The van der Waals surface area contributed by atoms with Gasteiger partial charge in [0.05, 0.1) is 0 Å². The van der Waals surface area contributed by atoms with Crippen LogP contribution in [0, 0.1) is 0 Å². The molecule has 3 N–H and O–H groups in total. The fraction of sp³-hybridized carbons (Fsp3) is 0.333. The molecule has 0 aliphatic carbocycles. The van der Waals surface area contributed by atoms with Gasteiger partial charge in [0.25, 0.3) is 0 Å². The number of nitrogens with two attached hydrogens (primary N) is 1. The molecular weight excluding hydrogens is 174 g/mol. The number of rotatable bonds is 2. The van der Waals surface area contributed by atoms with Crippen LogP contribution in [-0.2, 0) is 0 Å². The van der Waals surface area contributed by atoms with Crippen LogP contribution in [0.15, 0.2) is 18.2 Å². The quantitative estimate of drug-likeness (QED) is 0.744. The van der Waals surface area contributed by atoms with E-state index in [1.807, 2.05) is 6.92 Å². The molecule has 1 rings (SSSR count). The van der Waals surface area contributed by atoms with E-state index in [9.17, 15) is 0 Å². The van der Waals surface area contributed by atoms with E-state index in [4.69, 9.17) is 22.4 Å². The van der Waals surface area contributed by atoms with Crippen molar-refractivity contribution in [3.8, 4) is 5.75 Å². The Morgan fingerprint density at radius 3 is 2.75 bits per heavy atom. The van der Waals surface area contributed by atoms with Gasteiger partial charge in [0.15, 0.2) is 0 Å². The van der Waals surface area contributed by atoms with Crippen LogP contribution in [0.2, 0.25) is 5.02 Å². The van der Waals surface area contributed by atoms with E-state index in [1.165, 1.54) is 6.07 Å². The molecule has 0 bridgehead atoms. The highest BCUT2D eigenvalue weighted by Crippen LogP contribution is 2.26. The number of phenols is 1. The predicted octanol–water partition coefficient (Wildman–Crippen LogP) is 2.46. The van der Waals surface area contributed by atoms with Crippen LogP contribution in [0.25, 0.3) is 0 Å². The second-order valence-electron chi connectivity index (χ2n) is 2.72. The van der Waals surface area contributed by atoms with Crippen molar-refractivity contribution in [3.05, 3.63) is 28.8 Å². The van der Waals surface area contributed by atoms with Crippen LogP contribution in [-0.4, -0.2) is 5.11 Å². The molecule has 0 saturated carbocycles. The summed E-state index contributed by atoms with van der Waals surface area (Å²) in [5.41, 5.74) is 6.67. The third kappa shape index (κ3) is 1.90. The molecule has 1 aromatic carbocycles. The van der Waals surface area contributed by atoms with Gasteiger partial charge in [0.1, 0.15) is 5.75 Å². The van der Waals surface area contributed by atoms with E-state index in [0.29, 0.717) is 5.02 Å². The molecular formula is C9H12ClNO. The number of benzene rings is 1. The molecule has 0 spiro atoms. The van der Waals surface area contributed by atoms with Crippen molar-refractivity contribution in [3.63, 3.8) is 0 Å². The molecule has 0 amide bonds. The third-order valence-corrected chi connectivity index (χ3v) is 2.15. The van der Waals surface area contributed by atoms with Gasteiger partial charge in [0, 0.05) is 11.1 Å². The molecule has 1 atom stereocenters. The Labute approximate surface area is 77.0 Å². The summed E-state index contributed by atoms with van der Waals surface area (Å²) in [4.78, 5) is 0. The molecule has 0 aliphatic heterocycles. The van der Waals surface area contributed by atoms with E-state index in [1.54, 1.807) is 12.1 Å². The van der Waals surface area contributed by atoms with Crippen molar-refractivity contribution < 1.29 is 5.11 Å². The molecule has 2 nitrogen and oxygen atoms in total. The van der Waals surface area contributed by atoms with Crippen molar-refractivity contribution in [2.24, 2.45) is 5.73 Å². The Morgan fingerprint density at radius 1 is 1.58 bits per heavy atom. The Hall–Kier alpha value is -0.730. The molecule has 0 radical (unpaired) electrons. The van der Waals surface area contributed by atoms with Gasteiger partial charge in [-0.2, -0.15) is 0 Å². The largest absolute Gasteiger partial charge is 0.508 e. The van der Waals surface area contributed by atoms with Crippen LogP contribution in [0.1, 0.15) is 24.9 Å². The summed E-state index contributed by atoms with van der Waals surface area (Å²) in [6.07, 6.45) is 0.838. The lowest BCUT2D eigenvalue weighted by Crippen LogP contribution is -2.08. The molecule has 0 fully saturated rings. The van der Waals surface area contributed by atoms with Crippen molar-refractivity contribution in [1.82, 2.24) is 0 Å². The maximum atomic E-state index is 9.07. The minimum absolute atomic E-state index is 0.0434. The van der Waals surface area contributed by atoms with Crippen molar-refractivity contribution in [2.45, 2.75) is 19.4 Å². The first kappa shape index (κ1) is 9.36. The zero-order chi connectivity index (χ0) is 9.14. The highest BCUT2D eigenvalue weighted by atomic mass is 35.5. The first-order valence-electron chi connectivity index (χ1n) is 3.89. The second kappa shape index (κ2) is 3.78. The lowest BCUT2D eigenvalue weighted by atomic mass is 10.1. The number of hydrogen-bond acceptors (Lipinski definition) is 2. The molecule has 66 valence electrons. The van der Waals surface area contributed by atoms with E-state index in [-0.39, 0.29) is 11.8 Å². The van der Waals surface area contributed by atoms with Crippen LogP contribution < -0.4 is 5.73 Å². The zero-order valence-electron chi connectivity index (χ0n) is 6.92. The first-order valence-corrected chi connectivity index (χ1v) is 4.27. The van der Waals surface area contributed by atoms with Gasteiger partial charge >= 0.3 is 0 Å². The van der Waals surface area contributed by atoms with E-state index in [2.05, 4.69) is 0 Å². The molecule has 0 saturated heterocycles. The summed E-state index contributed by atoms with van der Waals surface area (Å²) in [6, 6.07) is 4.81. The first-order chi connectivity index (χ1) is 5.65. The smallest absolute Gasteiger partial charge is 0.117 e. The lowest BCUT2D eigenvalue weighted by molar-refractivity contribution is 0.475. The number of halogens is 1. The average Bonchev–Trinajstić information content (AvgIpc) is 2.03. The SMILES string of the molecule is CC[C@H](N)c1ccc(O)cc1Cl. The molecule has 12 heavy (non-hydrogen) atoms. The van der Waals surface area contributed by atoms with E-state index >= 15 is 0 Å². The number of phenolic OH excluding ortho intramolecular Hbond substituents is 1. The fourth-order valence-corrected chi connectivity index (χ4v) is 1.35. The molecule has 1 aromatic rings. The topological polar surface area (TPSA) is 46.2 Å². The monoisotopic (exact) mass is 185 g/mol. The van der Waals surface area contributed by atoms with Crippen LogP contribution in [0.5, 0.6) is 5.75 Å². The van der Waals surface area contributed by atoms with Crippen LogP contribution in [0.3, 0.4) is 0 Å². The molecule has 3 heteroatoms. The molecule has 0 aromatic heterocycles. The van der Waals surface area contributed by atoms with Gasteiger partial charge in [-0.05, 0) is 24.1 Å². The van der Waals surface area contributed by atoms with Crippen LogP contribution in [0.4, 0.5) is 0 Å². The highest BCUT2D eigenvalue weighted by molar-refractivity contribution is 6.31. The number of aromatic hydroxyl groups is 1. The van der Waals surface area contributed by atoms with Gasteiger partial charge in [-0.1, -0.05) is 24.6 Å². The second-order valence-corrected chi connectivity index (χ2v) is 3.13. The molecule has 0 unspecified atom stereocenters. The summed E-state index contributed by atoms with van der Waals surface area (Å²) in [5, 5.41) is 9.60. The summed E-state index contributed by atoms with van der Waals surface area (Å²) in [5.74, 6) is 0.173. The van der Waals surface area contributed by atoms with Crippen molar-refractivity contribution in [2.75, 3.05) is 0 Å². The standard InChI is InChI=1S/C9H12ClNO/c1-2-9(11)7-4-3-6(12)5-8(7)10/h3-5,9,12H,2,11H2,1H3/t9-/m0/s1. The highest BCUT2D eigenvalue weighted by Gasteiger charge is 2.07. The maximum absolute atomic E-state index is 9.07. The summed E-state index contributed by atoms with van der Waals surface area (Å²) in [6.45, 7) is 1.99. The lowest BCUT2D eigenvalue weighted by Gasteiger charge is -2.10. The van der Waals surface area contributed by atoms with Crippen LogP contribution >= 0.6 is 11.6 Å². The zero-order valence-corrected chi connectivity index (χ0v) is 7.67. The van der Waals surface area contributed by atoms with Gasteiger partial charge in [-0.3, -0.25) is 0 Å². The van der Waals surface area contributed by atoms with Gasteiger partial charge < -0.3 is 10.8 Å². The molecule has 0 heterocycles. The van der Waals surface area contributed by atoms with Gasteiger partial charge in [-0.15, -0.1) is 0 Å². The number of hydrogen-bond donors (Lipinski definition) is 2. The Balaban J connectivity index is 3.01. The average molecular weight is 186 g/mol. The Morgan fingerprint density at radius 2 is 2.25 bits per heavy atom. The fourth-order valence-electron chi connectivity index (χ4n) is 1.04. The normalized spacial score (nSPS) is 12.9. The Bertz CT molecular complexity index is 275. The molecule has 0 aliphatic rings. The Kier molecular flexibility index (Phi) is 2.95. The van der Waals surface area contributed by atoms with E-state index < -0.39 is 0 Å². The third-order valence-electron chi connectivity index (χ3n) is 1.82. The van der Waals surface area contributed by atoms with Gasteiger partial charge in [0.2, 0.25) is 0 Å². The summed E-state index contributed by atoms with van der Waals surface area (Å²) < 4.78 is 0. The van der Waals surface area contributed by atoms with Crippen molar-refractivity contribution in [1.29, 1.82) is 0 Å². The minimum Gasteiger partial charge on any atom is -0.508 e. The summed E-state index contributed by atoms with van der Waals surface area (Å²) >= 11 is 5.86. The maximum Gasteiger partial charge on any atom is 0.117 e. The summed E-state index contributed by atoms with van der Waals surface area (Å²) in [7, 11) is 0. The minimum atomic E-state index is -0.0434. The van der Waals surface area contributed by atoms with Gasteiger partial charge in [-0.25, -0.2) is 0 Å². The van der Waals surface area contributed by atoms with Crippen molar-refractivity contribution >= 4 is 11.6 Å². The predicted molar refractivity (Wildman–Crippen MR) is 50.3 cm³/mol. The van der Waals surface area contributed by atoms with E-state index in [0.717, 1.165) is 12.0 Å².